The maximum atomic E-state index is 11.9. The zero-order valence-electron chi connectivity index (χ0n) is 9.92. The molecule has 0 saturated carbocycles. The van der Waals surface area contributed by atoms with Crippen molar-refractivity contribution < 1.29 is 19.4 Å². The molecule has 0 radical (unpaired) electrons. The Bertz CT molecular complexity index is 600. The van der Waals surface area contributed by atoms with Crippen molar-refractivity contribution in [3.8, 4) is 0 Å². The Balaban J connectivity index is 2.20. The van der Waals surface area contributed by atoms with Crippen molar-refractivity contribution in [1.29, 1.82) is 0 Å². The zero-order valence-corrected chi connectivity index (χ0v) is 9.92. The van der Waals surface area contributed by atoms with Gasteiger partial charge in [-0.2, -0.15) is 0 Å². The Kier molecular flexibility index (Phi) is 3.43. The summed E-state index contributed by atoms with van der Waals surface area (Å²) in [5, 5.41) is 9.28. The molecule has 1 heterocycles. The van der Waals surface area contributed by atoms with E-state index in [0.29, 0.717) is 5.56 Å². The maximum Gasteiger partial charge on any atom is 0.329 e. The smallest absolute Gasteiger partial charge is 0.329 e. The van der Waals surface area contributed by atoms with Crippen LogP contribution in [0.5, 0.6) is 0 Å². The molecule has 0 unspecified atom stereocenters. The van der Waals surface area contributed by atoms with Gasteiger partial charge in [0.05, 0.1) is 0 Å². The van der Waals surface area contributed by atoms with Crippen LogP contribution in [0.1, 0.15) is 10.4 Å². The van der Waals surface area contributed by atoms with Gasteiger partial charge >= 0.3 is 5.97 Å². The van der Waals surface area contributed by atoms with E-state index in [0.717, 1.165) is 10.9 Å². The molecular weight excluding hydrogens is 234 g/mol. The first-order valence-electron chi connectivity index (χ1n) is 5.46. The number of hydrogen-bond donors (Lipinski definition) is 1. The van der Waals surface area contributed by atoms with E-state index in [-0.39, 0.29) is 12.4 Å². The fourth-order valence-electron chi connectivity index (χ4n) is 1.87. The van der Waals surface area contributed by atoms with Crippen LogP contribution in [-0.2, 0) is 16.6 Å². The molecule has 0 spiro atoms. The molecule has 0 bridgehead atoms. The van der Waals surface area contributed by atoms with Crippen LogP contribution in [0.3, 0.4) is 0 Å². The number of benzene rings is 1. The summed E-state index contributed by atoms with van der Waals surface area (Å²) in [4.78, 5) is 22.2. The van der Waals surface area contributed by atoms with Crippen LogP contribution < -0.4 is 0 Å². The Morgan fingerprint density at radius 2 is 2.00 bits per heavy atom. The van der Waals surface area contributed by atoms with Crippen LogP contribution in [0.4, 0.5) is 0 Å². The van der Waals surface area contributed by atoms with Crippen molar-refractivity contribution in [1.82, 2.24) is 4.57 Å². The molecule has 2 rings (SSSR count). The van der Waals surface area contributed by atoms with E-state index in [1.165, 1.54) is 0 Å². The van der Waals surface area contributed by atoms with Crippen molar-refractivity contribution in [2.45, 2.75) is 0 Å². The Labute approximate surface area is 104 Å². The Hall–Kier alpha value is -2.14. The predicted octanol–water partition coefficient (Wildman–Crippen LogP) is 1.46. The summed E-state index contributed by atoms with van der Waals surface area (Å²) >= 11 is 0. The summed E-state index contributed by atoms with van der Waals surface area (Å²) in [5.41, 5.74) is 1.51. The van der Waals surface area contributed by atoms with Gasteiger partial charge in [0.1, 0.15) is 13.2 Å². The lowest BCUT2D eigenvalue weighted by atomic mass is 10.1. The summed E-state index contributed by atoms with van der Waals surface area (Å²) in [6.45, 7) is -0.684. The van der Waals surface area contributed by atoms with Crippen molar-refractivity contribution in [2.24, 2.45) is 7.05 Å². The average molecular weight is 247 g/mol. The summed E-state index contributed by atoms with van der Waals surface area (Å²) in [6.07, 6.45) is 1.73. The van der Waals surface area contributed by atoms with Gasteiger partial charge in [-0.15, -0.1) is 0 Å². The molecule has 0 aliphatic rings. The SMILES string of the molecule is Cn1cc(C(=O)COCC(=O)O)c2ccccc21. The first kappa shape index (κ1) is 12.3. The number of aliphatic carboxylic acids is 1. The van der Waals surface area contributed by atoms with Gasteiger partial charge in [0.2, 0.25) is 0 Å². The van der Waals surface area contributed by atoms with Crippen molar-refractivity contribution in [3.05, 3.63) is 36.0 Å². The lowest BCUT2D eigenvalue weighted by molar-refractivity contribution is -0.141. The highest BCUT2D eigenvalue weighted by Crippen LogP contribution is 2.20. The molecule has 18 heavy (non-hydrogen) atoms. The Morgan fingerprint density at radius 3 is 2.72 bits per heavy atom. The Morgan fingerprint density at radius 1 is 1.28 bits per heavy atom. The molecule has 0 fully saturated rings. The molecule has 2 aromatic rings. The predicted molar refractivity (Wildman–Crippen MR) is 65.7 cm³/mol. The second-order valence-corrected chi connectivity index (χ2v) is 3.98. The number of ketones is 1. The number of carboxylic acid groups (broad SMARTS) is 1. The number of ether oxygens (including phenoxy) is 1. The monoisotopic (exact) mass is 247 g/mol. The summed E-state index contributed by atoms with van der Waals surface area (Å²) in [5.74, 6) is -1.30. The van der Waals surface area contributed by atoms with Crippen molar-refractivity contribution >= 4 is 22.7 Å². The van der Waals surface area contributed by atoms with E-state index in [9.17, 15) is 9.59 Å². The molecule has 5 nitrogen and oxygen atoms in total. The number of para-hydroxylation sites is 1. The van der Waals surface area contributed by atoms with Gasteiger partial charge in [-0.25, -0.2) is 4.79 Å². The lowest BCUT2D eigenvalue weighted by Crippen LogP contribution is -2.14. The van der Waals surface area contributed by atoms with E-state index < -0.39 is 12.6 Å². The minimum Gasteiger partial charge on any atom is -0.480 e. The molecule has 0 aliphatic carbocycles. The summed E-state index contributed by atoms with van der Waals surface area (Å²) < 4.78 is 6.67. The van der Waals surface area contributed by atoms with E-state index in [1.807, 2.05) is 35.9 Å². The summed E-state index contributed by atoms with van der Waals surface area (Å²) in [7, 11) is 1.86. The van der Waals surface area contributed by atoms with Gasteiger partial charge in [-0.05, 0) is 6.07 Å². The van der Waals surface area contributed by atoms with Gasteiger partial charge in [0.15, 0.2) is 5.78 Å². The topological polar surface area (TPSA) is 68.5 Å². The summed E-state index contributed by atoms with van der Waals surface area (Å²) in [6, 6.07) is 7.54. The molecule has 0 aliphatic heterocycles. The number of aromatic nitrogens is 1. The standard InChI is InChI=1S/C13H13NO4/c1-14-6-10(9-4-2-3-5-11(9)14)12(15)7-18-8-13(16)17/h2-6H,7-8H2,1H3,(H,16,17). The van der Waals surface area contributed by atoms with E-state index in [4.69, 9.17) is 9.84 Å². The van der Waals surface area contributed by atoms with Gasteiger partial charge < -0.3 is 14.4 Å². The molecule has 1 aromatic carbocycles. The van der Waals surface area contributed by atoms with Crippen LogP contribution in [-0.4, -0.2) is 34.6 Å². The molecule has 0 amide bonds. The molecule has 0 atom stereocenters. The minimum absolute atomic E-state index is 0.215. The molecule has 1 N–H and O–H groups in total. The maximum absolute atomic E-state index is 11.9. The quantitative estimate of drug-likeness (QED) is 0.812. The average Bonchev–Trinajstić information content (AvgIpc) is 2.67. The van der Waals surface area contributed by atoms with Gasteiger partial charge in [0.25, 0.3) is 0 Å². The number of hydrogen-bond acceptors (Lipinski definition) is 3. The largest absolute Gasteiger partial charge is 0.480 e. The number of Topliss-reactive ketones (excluding diaryl/α,β-unsaturated/α-hetero) is 1. The second kappa shape index (κ2) is 5.01. The molecule has 0 saturated heterocycles. The first-order valence-corrected chi connectivity index (χ1v) is 5.46. The number of carbonyl (C=O) groups is 2. The highest BCUT2D eigenvalue weighted by Gasteiger charge is 2.13. The van der Waals surface area contributed by atoms with E-state index in [1.54, 1.807) is 6.20 Å². The number of nitrogens with zero attached hydrogens (tertiary/aromatic N) is 1. The van der Waals surface area contributed by atoms with Crippen LogP contribution in [0.25, 0.3) is 10.9 Å². The van der Waals surface area contributed by atoms with Gasteiger partial charge in [0, 0.05) is 29.7 Å². The molecule has 94 valence electrons. The zero-order chi connectivity index (χ0) is 13.1. The van der Waals surface area contributed by atoms with Crippen LogP contribution in [0.2, 0.25) is 0 Å². The van der Waals surface area contributed by atoms with Crippen LogP contribution in [0.15, 0.2) is 30.5 Å². The number of aryl methyl sites for hydroxylation is 1. The van der Waals surface area contributed by atoms with Crippen LogP contribution >= 0.6 is 0 Å². The van der Waals surface area contributed by atoms with Crippen LogP contribution in [0, 0.1) is 0 Å². The molecular formula is C13H13NO4. The third-order valence-electron chi connectivity index (χ3n) is 2.66. The lowest BCUT2D eigenvalue weighted by Gasteiger charge is -1.99. The van der Waals surface area contributed by atoms with Crippen molar-refractivity contribution in [2.75, 3.05) is 13.2 Å². The number of carboxylic acids is 1. The number of rotatable bonds is 5. The number of fused-ring (bicyclic) bond motifs is 1. The molecule has 5 heteroatoms. The van der Waals surface area contributed by atoms with Gasteiger partial charge in [-0.3, -0.25) is 4.79 Å². The minimum atomic E-state index is -1.08. The first-order chi connectivity index (χ1) is 8.59. The van der Waals surface area contributed by atoms with Gasteiger partial charge in [-0.1, -0.05) is 18.2 Å². The third-order valence-corrected chi connectivity index (χ3v) is 2.66. The second-order valence-electron chi connectivity index (χ2n) is 3.98. The number of carbonyl (C=O) groups excluding carboxylic acids is 1. The molecule has 1 aromatic heterocycles. The fourth-order valence-corrected chi connectivity index (χ4v) is 1.87. The third kappa shape index (κ3) is 2.41. The fraction of sp³-hybridized carbons (Fsp3) is 0.231. The van der Waals surface area contributed by atoms with E-state index >= 15 is 0 Å². The van der Waals surface area contributed by atoms with E-state index in [2.05, 4.69) is 0 Å². The highest BCUT2D eigenvalue weighted by molar-refractivity contribution is 6.08. The normalized spacial score (nSPS) is 10.7. The van der Waals surface area contributed by atoms with Crippen molar-refractivity contribution in [3.63, 3.8) is 0 Å². The highest BCUT2D eigenvalue weighted by atomic mass is 16.5.